The first kappa shape index (κ1) is 19.5. The molecule has 140 valence electrons. The highest BCUT2D eigenvalue weighted by Crippen LogP contribution is 2.38. The molecule has 0 saturated carbocycles. The lowest BCUT2D eigenvalue weighted by Crippen LogP contribution is -2.03. The zero-order valence-corrected chi connectivity index (χ0v) is 15.9. The lowest BCUT2D eigenvalue weighted by Gasteiger charge is -2.12. The Bertz CT molecular complexity index is 1060. The van der Waals surface area contributed by atoms with Gasteiger partial charge >= 0.3 is 6.18 Å². The number of hydrogen-bond donors (Lipinski definition) is 1. The molecule has 3 aromatic rings. The lowest BCUT2D eigenvalue weighted by atomic mass is 10.1. The first-order chi connectivity index (χ1) is 12.6. The van der Waals surface area contributed by atoms with Crippen LogP contribution in [0.2, 0.25) is 0 Å². The fraction of sp³-hybridized carbons (Fsp3) is 0.100. The van der Waals surface area contributed by atoms with Gasteiger partial charge in [0.05, 0.1) is 15.3 Å². The van der Waals surface area contributed by atoms with E-state index in [0.29, 0.717) is 9.79 Å². The van der Waals surface area contributed by atoms with Crippen molar-refractivity contribution >= 4 is 21.5 Å². The normalized spacial score (nSPS) is 13.9. The minimum atomic E-state index is -4.36. The Kier molecular flexibility index (Phi) is 5.35. The Morgan fingerprint density at radius 3 is 2.22 bits per heavy atom. The van der Waals surface area contributed by atoms with Crippen LogP contribution in [-0.2, 0) is 15.9 Å². The zero-order chi connectivity index (χ0) is 19.7. The van der Waals surface area contributed by atoms with Crippen LogP contribution < -0.4 is 0 Å². The Morgan fingerprint density at radius 2 is 1.59 bits per heavy atom. The second-order valence-corrected chi connectivity index (χ2v) is 9.27. The van der Waals surface area contributed by atoms with E-state index in [0.717, 1.165) is 28.2 Å². The summed E-state index contributed by atoms with van der Waals surface area (Å²) in [6.07, 6.45) is -2.99. The third kappa shape index (κ3) is 4.73. The smallest absolute Gasteiger partial charge is 0.249 e. The van der Waals surface area contributed by atoms with E-state index in [1.165, 1.54) is 30.2 Å². The highest BCUT2D eigenvalue weighted by molar-refractivity contribution is 7.99. The molecule has 0 fully saturated rings. The third-order valence-corrected chi connectivity index (χ3v) is 6.13. The predicted octanol–water partition coefficient (Wildman–Crippen LogP) is 6.56. The van der Waals surface area contributed by atoms with Crippen molar-refractivity contribution in [2.75, 3.05) is 6.26 Å². The van der Waals surface area contributed by atoms with Crippen molar-refractivity contribution < 1.29 is 17.4 Å². The van der Waals surface area contributed by atoms with Crippen LogP contribution in [0.25, 0.3) is 11.1 Å². The van der Waals surface area contributed by atoms with Crippen molar-refractivity contribution in [2.45, 2.75) is 20.9 Å². The average Bonchev–Trinajstić information content (AvgIpc) is 2.61. The second-order valence-electron chi connectivity index (χ2n) is 5.99. The molecule has 0 heterocycles. The van der Waals surface area contributed by atoms with Crippen LogP contribution in [0.4, 0.5) is 13.2 Å². The molecular formula is C20H16F3NOS2. The van der Waals surface area contributed by atoms with Gasteiger partial charge in [-0.15, -0.1) is 0 Å². The molecule has 0 radical (unpaired) electrons. The van der Waals surface area contributed by atoms with Crippen LogP contribution in [0.5, 0.6) is 0 Å². The summed E-state index contributed by atoms with van der Waals surface area (Å²) in [5.41, 5.74) is 0.998. The number of nitrogens with one attached hydrogen (secondary N) is 1. The van der Waals surface area contributed by atoms with E-state index in [9.17, 15) is 17.4 Å². The molecule has 1 unspecified atom stereocenters. The van der Waals surface area contributed by atoms with Gasteiger partial charge in [-0.05, 0) is 53.6 Å². The topological polar surface area (TPSA) is 40.9 Å². The van der Waals surface area contributed by atoms with Crippen molar-refractivity contribution in [1.29, 1.82) is 4.78 Å². The molecule has 1 atom stereocenters. The van der Waals surface area contributed by atoms with Gasteiger partial charge in [0.15, 0.2) is 0 Å². The Balaban J connectivity index is 1.96. The van der Waals surface area contributed by atoms with E-state index in [1.54, 1.807) is 18.2 Å². The van der Waals surface area contributed by atoms with Crippen LogP contribution in [0.1, 0.15) is 5.56 Å². The molecule has 0 amide bonds. The first-order valence-electron chi connectivity index (χ1n) is 7.93. The van der Waals surface area contributed by atoms with Gasteiger partial charge in [-0.3, -0.25) is 0 Å². The fourth-order valence-electron chi connectivity index (χ4n) is 2.54. The van der Waals surface area contributed by atoms with Crippen LogP contribution >= 0.6 is 11.8 Å². The number of rotatable bonds is 4. The number of halogens is 3. The van der Waals surface area contributed by atoms with E-state index < -0.39 is 21.5 Å². The molecule has 0 aliphatic heterocycles. The standard InChI is InChI=1S/C20H16F3NOS2/c1-27(24,25)17-6-4-5-14(13-17)18-7-2-3-8-19(18)26-16-11-9-15(10-12-16)20(21,22)23/h2-13,24H,1H3. The quantitative estimate of drug-likeness (QED) is 0.532. The van der Waals surface area contributed by atoms with Crippen LogP contribution in [0.3, 0.4) is 0 Å². The Labute approximate surface area is 160 Å². The van der Waals surface area contributed by atoms with Gasteiger partial charge in [0.25, 0.3) is 0 Å². The summed E-state index contributed by atoms with van der Waals surface area (Å²) < 4.78 is 58.0. The molecule has 0 spiro atoms. The van der Waals surface area contributed by atoms with Crippen molar-refractivity contribution in [3.63, 3.8) is 0 Å². The van der Waals surface area contributed by atoms with Crippen molar-refractivity contribution in [3.8, 4) is 11.1 Å². The van der Waals surface area contributed by atoms with E-state index in [4.69, 9.17) is 4.78 Å². The molecule has 7 heteroatoms. The molecule has 3 rings (SSSR count). The summed E-state index contributed by atoms with van der Waals surface area (Å²) in [7, 11) is -2.84. The number of hydrogen-bond acceptors (Lipinski definition) is 3. The maximum Gasteiger partial charge on any atom is 0.416 e. The molecule has 0 bridgehead atoms. The molecular weight excluding hydrogens is 391 g/mol. The molecule has 0 aliphatic rings. The van der Waals surface area contributed by atoms with Gasteiger partial charge in [0.1, 0.15) is 0 Å². The molecule has 27 heavy (non-hydrogen) atoms. The minimum absolute atomic E-state index is 0.439. The minimum Gasteiger partial charge on any atom is -0.249 e. The maximum absolute atomic E-state index is 12.7. The van der Waals surface area contributed by atoms with Crippen LogP contribution in [-0.4, -0.2) is 10.5 Å². The SMILES string of the molecule is CS(=N)(=O)c1cccc(-c2ccccc2Sc2ccc(C(F)(F)F)cc2)c1. The van der Waals surface area contributed by atoms with E-state index in [2.05, 4.69) is 0 Å². The predicted molar refractivity (Wildman–Crippen MR) is 102 cm³/mol. The Hall–Kier alpha value is -2.25. The molecule has 0 aromatic heterocycles. The van der Waals surface area contributed by atoms with E-state index in [1.807, 2.05) is 30.3 Å². The number of benzene rings is 3. The maximum atomic E-state index is 12.7. The summed E-state index contributed by atoms with van der Waals surface area (Å²) in [4.78, 5) is 1.99. The van der Waals surface area contributed by atoms with Crippen molar-refractivity contribution in [3.05, 3.63) is 78.4 Å². The summed E-state index contributed by atoms with van der Waals surface area (Å²) in [6.45, 7) is 0. The first-order valence-corrected chi connectivity index (χ1v) is 10.7. The van der Waals surface area contributed by atoms with E-state index >= 15 is 0 Å². The summed E-state index contributed by atoms with van der Waals surface area (Å²) in [6, 6.07) is 19.5. The summed E-state index contributed by atoms with van der Waals surface area (Å²) in [5.74, 6) is 0. The number of alkyl halides is 3. The van der Waals surface area contributed by atoms with Gasteiger partial charge in [-0.1, -0.05) is 42.1 Å². The molecule has 3 aromatic carbocycles. The molecule has 2 nitrogen and oxygen atoms in total. The average molecular weight is 407 g/mol. The van der Waals surface area contributed by atoms with Gasteiger partial charge in [0.2, 0.25) is 0 Å². The second kappa shape index (κ2) is 7.40. The van der Waals surface area contributed by atoms with Gasteiger partial charge in [0, 0.05) is 20.9 Å². The van der Waals surface area contributed by atoms with Crippen molar-refractivity contribution in [2.24, 2.45) is 0 Å². The third-order valence-electron chi connectivity index (χ3n) is 3.89. The summed E-state index contributed by atoms with van der Waals surface area (Å²) >= 11 is 1.36. The van der Waals surface area contributed by atoms with Gasteiger partial charge < -0.3 is 0 Å². The molecule has 1 N–H and O–H groups in total. The zero-order valence-electron chi connectivity index (χ0n) is 14.3. The van der Waals surface area contributed by atoms with E-state index in [-0.39, 0.29) is 0 Å². The summed E-state index contributed by atoms with van der Waals surface area (Å²) in [5, 5.41) is 0. The van der Waals surface area contributed by atoms with Crippen molar-refractivity contribution in [1.82, 2.24) is 0 Å². The van der Waals surface area contributed by atoms with Crippen LogP contribution in [0.15, 0.2) is 87.5 Å². The molecule has 0 saturated heterocycles. The van der Waals surface area contributed by atoms with Gasteiger partial charge in [-0.2, -0.15) is 13.2 Å². The fourth-order valence-corrected chi connectivity index (χ4v) is 4.20. The Morgan fingerprint density at radius 1 is 0.926 bits per heavy atom. The largest absolute Gasteiger partial charge is 0.416 e. The van der Waals surface area contributed by atoms with Gasteiger partial charge in [-0.25, -0.2) is 8.99 Å². The lowest BCUT2D eigenvalue weighted by molar-refractivity contribution is -0.137. The highest BCUT2D eigenvalue weighted by atomic mass is 32.2. The highest BCUT2D eigenvalue weighted by Gasteiger charge is 2.29. The van der Waals surface area contributed by atoms with Crippen LogP contribution in [0, 0.1) is 4.78 Å². The monoisotopic (exact) mass is 407 g/mol. The molecule has 0 aliphatic carbocycles.